The maximum Gasteiger partial charge on any atom is 0.237 e. The fraction of sp³-hybridized carbons (Fsp3) is 0.632. The molecule has 3 N–H and O–H groups in total. The van der Waals surface area contributed by atoms with E-state index in [0.29, 0.717) is 25.4 Å². The molecule has 0 radical (unpaired) electrons. The Bertz CT molecular complexity index is 560. The first kappa shape index (κ1) is 18.7. The van der Waals surface area contributed by atoms with Crippen LogP contribution in [0.2, 0.25) is 0 Å². The Kier molecular flexibility index (Phi) is 6.63. The molecule has 1 heterocycles. The van der Waals surface area contributed by atoms with Crippen LogP contribution < -0.4 is 15.4 Å². The molecule has 1 aliphatic heterocycles. The lowest BCUT2D eigenvalue weighted by Gasteiger charge is -2.20. The van der Waals surface area contributed by atoms with E-state index in [1.165, 1.54) is 0 Å². The van der Waals surface area contributed by atoms with Gasteiger partial charge in [-0.3, -0.25) is 4.79 Å². The highest BCUT2D eigenvalue weighted by Gasteiger charge is 2.27. The molecule has 0 aromatic heterocycles. The van der Waals surface area contributed by atoms with E-state index >= 15 is 0 Å². The van der Waals surface area contributed by atoms with Crippen molar-refractivity contribution in [1.29, 1.82) is 0 Å². The van der Waals surface area contributed by atoms with Gasteiger partial charge in [0.25, 0.3) is 0 Å². The van der Waals surface area contributed by atoms with Crippen molar-refractivity contribution < 1.29 is 14.6 Å². The van der Waals surface area contributed by atoms with E-state index in [-0.39, 0.29) is 18.1 Å². The van der Waals surface area contributed by atoms with Crippen LogP contribution in [-0.4, -0.2) is 35.8 Å². The molecule has 0 bridgehead atoms. The second kappa shape index (κ2) is 8.49. The Morgan fingerprint density at radius 1 is 1.42 bits per heavy atom. The Morgan fingerprint density at radius 2 is 2.17 bits per heavy atom. The number of carbonyl (C=O) groups is 1. The summed E-state index contributed by atoms with van der Waals surface area (Å²) in [6.07, 6.45) is 1.15. The number of ether oxygens (including phenoxy) is 1. The molecule has 1 amide bonds. The highest BCUT2D eigenvalue weighted by atomic mass is 16.5. The maximum absolute atomic E-state index is 12.2. The first-order valence-electron chi connectivity index (χ1n) is 8.80. The summed E-state index contributed by atoms with van der Waals surface area (Å²) in [5.74, 6) is 1.34. The highest BCUT2D eigenvalue weighted by molar-refractivity contribution is 5.82. The summed E-state index contributed by atoms with van der Waals surface area (Å²) >= 11 is 0. The molecule has 2 rings (SSSR count). The van der Waals surface area contributed by atoms with Crippen LogP contribution >= 0.6 is 0 Å². The Labute approximate surface area is 144 Å². The summed E-state index contributed by atoms with van der Waals surface area (Å²) in [6, 6.07) is 5.74. The molecule has 3 unspecified atom stereocenters. The number of amides is 1. The average Bonchev–Trinajstić information content (AvgIpc) is 2.92. The third-order valence-corrected chi connectivity index (χ3v) is 4.23. The number of carbonyl (C=O) groups excluding carboxylic acids is 1. The van der Waals surface area contributed by atoms with Gasteiger partial charge in [-0.2, -0.15) is 0 Å². The number of rotatable bonds is 7. The van der Waals surface area contributed by atoms with Gasteiger partial charge >= 0.3 is 0 Å². The van der Waals surface area contributed by atoms with Crippen molar-refractivity contribution in [2.24, 2.45) is 5.92 Å². The summed E-state index contributed by atoms with van der Waals surface area (Å²) in [4.78, 5) is 12.2. The van der Waals surface area contributed by atoms with Gasteiger partial charge in [0.15, 0.2) is 0 Å². The number of aliphatic hydroxyl groups excluding tert-OH is 1. The van der Waals surface area contributed by atoms with E-state index in [4.69, 9.17) is 4.74 Å². The lowest BCUT2D eigenvalue weighted by molar-refractivity contribution is -0.123. The molecule has 24 heavy (non-hydrogen) atoms. The number of β-amino-alcohol motifs (C(OH)–C–C–N with tert-alkyl or cyclic N) is 1. The molecule has 1 aromatic carbocycles. The Hall–Kier alpha value is -1.59. The summed E-state index contributed by atoms with van der Waals surface area (Å²) in [5.41, 5.74) is 2.11. The number of nitrogens with one attached hydrogen (secondary N) is 2. The molecular weight excluding hydrogens is 304 g/mol. The smallest absolute Gasteiger partial charge is 0.237 e. The van der Waals surface area contributed by atoms with E-state index in [1.54, 1.807) is 0 Å². The number of aryl methyl sites for hydroxylation is 1. The Balaban J connectivity index is 1.97. The fourth-order valence-electron chi connectivity index (χ4n) is 3.07. The van der Waals surface area contributed by atoms with Crippen LogP contribution in [0.1, 0.15) is 44.7 Å². The van der Waals surface area contributed by atoms with Crippen LogP contribution in [0.4, 0.5) is 0 Å². The second-order valence-corrected chi connectivity index (χ2v) is 7.24. The molecular formula is C19H30N2O3. The van der Waals surface area contributed by atoms with Crippen molar-refractivity contribution >= 4 is 5.91 Å². The largest absolute Gasteiger partial charge is 0.490 e. The van der Waals surface area contributed by atoms with Crippen molar-refractivity contribution in [2.75, 3.05) is 6.54 Å². The monoisotopic (exact) mass is 334 g/mol. The first-order chi connectivity index (χ1) is 11.3. The summed E-state index contributed by atoms with van der Waals surface area (Å²) in [5, 5.41) is 15.5. The quantitative estimate of drug-likeness (QED) is 0.714. The van der Waals surface area contributed by atoms with E-state index in [0.717, 1.165) is 23.3 Å². The molecule has 0 aliphatic carbocycles. The van der Waals surface area contributed by atoms with Crippen molar-refractivity contribution in [3.8, 4) is 5.75 Å². The summed E-state index contributed by atoms with van der Waals surface area (Å²) in [6.45, 7) is 9.38. The van der Waals surface area contributed by atoms with Crippen LogP contribution in [0.15, 0.2) is 18.2 Å². The molecule has 134 valence electrons. The molecule has 0 spiro atoms. The maximum atomic E-state index is 12.2. The number of hydrogen-bond donors (Lipinski definition) is 3. The van der Waals surface area contributed by atoms with E-state index < -0.39 is 6.10 Å². The van der Waals surface area contributed by atoms with Crippen molar-refractivity contribution in [3.63, 3.8) is 0 Å². The lowest BCUT2D eigenvalue weighted by Crippen LogP contribution is -2.40. The molecule has 5 nitrogen and oxygen atoms in total. The van der Waals surface area contributed by atoms with Gasteiger partial charge in [0.2, 0.25) is 5.91 Å². The van der Waals surface area contributed by atoms with E-state index in [2.05, 4.69) is 31.4 Å². The lowest BCUT2D eigenvalue weighted by atomic mass is 10.1. The van der Waals surface area contributed by atoms with Gasteiger partial charge in [0.05, 0.1) is 18.2 Å². The number of benzene rings is 1. The minimum Gasteiger partial charge on any atom is -0.490 e. The van der Waals surface area contributed by atoms with Gasteiger partial charge < -0.3 is 20.5 Å². The summed E-state index contributed by atoms with van der Waals surface area (Å²) < 4.78 is 6.11. The SMILES string of the molecule is Cc1ccc(CNC(=O)C2CC(O)CN2)c(OC(C)CC(C)C)c1. The van der Waals surface area contributed by atoms with Crippen LogP contribution in [0.5, 0.6) is 5.75 Å². The van der Waals surface area contributed by atoms with Gasteiger partial charge in [-0.25, -0.2) is 0 Å². The third kappa shape index (κ3) is 5.49. The normalized spacial score (nSPS) is 21.8. The molecule has 1 fully saturated rings. The molecule has 0 saturated carbocycles. The minimum absolute atomic E-state index is 0.0756. The third-order valence-electron chi connectivity index (χ3n) is 4.23. The van der Waals surface area contributed by atoms with Gasteiger partial charge in [-0.15, -0.1) is 0 Å². The minimum atomic E-state index is -0.434. The van der Waals surface area contributed by atoms with E-state index in [9.17, 15) is 9.90 Å². The average molecular weight is 334 g/mol. The number of aliphatic hydroxyl groups is 1. The molecule has 1 saturated heterocycles. The van der Waals surface area contributed by atoms with Crippen LogP contribution in [0, 0.1) is 12.8 Å². The predicted molar refractivity (Wildman–Crippen MR) is 95.0 cm³/mol. The standard InChI is InChI=1S/C19H30N2O3/c1-12(2)7-14(4)24-18-8-13(3)5-6-15(18)10-21-19(23)17-9-16(22)11-20-17/h5-6,8,12,14,16-17,20,22H,7,9-11H2,1-4H3,(H,21,23). The molecule has 1 aromatic rings. The van der Waals surface area contributed by atoms with Crippen LogP contribution in [0.3, 0.4) is 0 Å². The second-order valence-electron chi connectivity index (χ2n) is 7.24. The zero-order valence-corrected chi connectivity index (χ0v) is 15.1. The van der Waals surface area contributed by atoms with Crippen LogP contribution in [-0.2, 0) is 11.3 Å². The van der Waals surface area contributed by atoms with Gasteiger partial charge in [-0.05, 0) is 44.2 Å². The predicted octanol–water partition coefficient (Wildman–Crippen LogP) is 2.15. The van der Waals surface area contributed by atoms with Gasteiger partial charge in [0.1, 0.15) is 5.75 Å². The van der Waals surface area contributed by atoms with Crippen molar-refractivity contribution in [3.05, 3.63) is 29.3 Å². The molecule has 3 atom stereocenters. The van der Waals surface area contributed by atoms with Crippen LogP contribution in [0.25, 0.3) is 0 Å². The highest BCUT2D eigenvalue weighted by Crippen LogP contribution is 2.23. The van der Waals surface area contributed by atoms with Gasteiger partial charge in [0, 0.05) is 18.7 Å². The first-order valence-corrected chi connectivity index (χ1v) is 8.80. The Morgan fingerprint density at radius 3 is 2.79 bits per heavy atom. The topological polar surface area (TPSA) is 70.6 Å². The fourth-order valence-corrected chi connectivity index (χ4v) is 3.07. The van der Waals surface area contributed by atoms with E-state index in [1.807, 2.05) is 25.1 Å². The van der Waals surface area contributed by atoms with Crippen molar-refractivity contribution in [2.45, 2.75) is 65.3 Å². The van der Waals surface area contributed by atoms with Gasteiger partial charge in [-0.1, -0.05) is 26.0 Å². The molecule has 5 heteroatoms. The summed E-state index contributed by atoms with van der Waals surface area (Å²) in [7, 11) is 0. The zero-order chi connectivity index (χ0) is 17.7. The molecule has 1 aliphatic rings. The number of hydrogen-bond acceptors (Lipinski definition) is 4. The zero-order valence-electron chi connectivity index (χ0n) is 15.1. The van der Waals surface area contributed by atoms with Crippen molar-refractivity contribution in [1.82, 2.24) is 10.6 Å².